The van der Waals surface area contributed by atoms with Gasteiger partial charge in [0, 0.05) is 0 Å². The summed E-state index contributed by atoms with van der Waals surface area (Å²) < 4.78 is 6.06. The lowest BCUT2D eigenvalue weighted by Gasteiger charge is -2.09. The van der Waals surface area contributed by atoms with Gasteiger partial charge in [0.15, 0.2) is 0 Å². The van der Waals surface area contributed by atoms with Crippen molar-refractivity contribution >= 4 is 50.8 Å². The van der Waals surface area contributed by atoms with E-state index in [1.807, 2.05) is 19.1 Å². The minimum Gasteiger partial charge on any atom is -0.463 e. The summed E-state index contributed by atoms with van der Waals surface area (Å²) >= 11 is 15.3. The van der Waals surface area contributed by atoms with Gasteiger partial charge in [-0.3, -0.25) is 0 Å². The lowest BCUT2D eigenvalue weighted by Crippen LogP contribution is -2.05. The highest BCUT2D eigenvalue weighted by atomic mass is 79.9. The molecule has 0 saturated carbocycles. The number of benzene rings is 1. The third-order valence-electron chi connectivity index (χ3n) is 2.22. The van der Waals surface area contributed by atoms with Gasteiger partial charge in [-0.15, -0.1) is 0 Å². The Hall–Kier alpha value is -1.11. The Bertz CT molecular complexity index is 612. The maximum absolute atomic E-state index is 6.02. The molecule has 2 aromatic rings. The SMILES string of the molecule is CCCOc1nc(Cl)nc(Nc2cccc(Cl)c2Br)n1. The van der Waals surface area contributed by atoms with E-state index in [1.165, 1.54) is 0 Å². The quantitative estimate of drug-likeness (QED) is 0.832. The van der Waals surface area contributed by atoms with Gasteiger partial charge in [0.25, 0.3) is 0 Å². The molecule has 0 bridgehead atoms. The monoisotopic (exact) mass is 376 g/mol. The summed E-state index contributed by atoms with van der Waals surface area (Å²) in [5, 5.41) is 3.66. The summed E-state index contributed by atoms with van der Waals surface area (Å²) in [6, 6.07) is 5.60. The van der Waals surface area contributed by atoms with Gasteiger partial charge in [0.05, 0.1) is 21.8 Å². The van der Waals surface area contributed by atoms with E-state index in [-0.39, 0.29) is 11.3 Å². The van der Waals surface area contributed by atoms with E-state index in [9.17, 15) is 0 Å². The molecule has 0 radical (unpaired) electrons. The summed E-state index contributed by atoms with van der Waals surface area (Å²) in [6.45, 7) is 2.51. The van der Waals surface area contributed by atoms with Gasteiger partial charge >= 0.3 is 6.01 Å². The van der Waals surface area contributed by atoms with Crippen LogP contribution < -0.4 is 10.1 Å². The minimum atomic E-state index is 0.0618. The zero-order valence-electron chi connectivity index (χ0n) is 10.5. The van der Waals surface area contributed by atoms with Crippen LogP contribution in [0.25, 0.3) is 0 Å². The highest BCUT2D eigenvalue weighted by molar-refractivity contribution is 9.10. The standard InChI is InChI=1S/C12H11BrCl2N4O/c1-2-6-20-12-18-10(15)17-11(19-12)16-8-5-3-4-7(14)9(8)13/h3-5H,2,6H2,1H3,(H,16,17,18,19). The van der Waals surface area contributed by atoms with Gasteiger partial charge in [-0.05, 0) is 46.1 Å². The number of nitrogens with zero attached hydrogens (tertiary/aromatic N) is 3. The van der Waals surface area contributed by atoms with Gasteiger partial charge in [-0.2, -0.15) is 15.0 Å². The molecule has 20 heavy (non-hydrogen) atoms. The Morgan fingerprint density at radius 1 is 1.25 bits per heavy atom. The van der Waals surface area contributed by atoms with Crippen molar-refractivity contribution in [1.82, 2.24) is 15.0 Å². The van der Waals surface area contributed by atoms with Crippen LogP contribution in [-0.2, 0) is 0 Å². The number of nitrogens with one attached hydrogen (secondary N) is 1. The van der Waals surface area contributed by atoms with E-state index in [1.54, 1.807) is 6.07 Å². The molecule has 2 rings (SSSR count). The normalized spacial score (nSPS) is 10.4. The lowest BCUT2D eigenvalue weighted by molar-refractivity contribution is 0.292. The van der Waals surface area contributed by atoms with E-state index >= 15 is 0 Å². The Balaban J connectivity index is 2.24. The van der Waals surface area contributed by atoms with Crippen molar-refractivity contribution in [2.24, 2.45) is 0 Å². The first kappa shape index (κ1) is 15.3. The minimum absolute atomic E-state index is 0.0618. The Kier molecular flexibility index (Phi) is 5.39. The van der Waals surface area contributed by atoms with Crippen LogP contribution in [-0.4, -0.2) is 21.6 Å². The molecule has 0 fully saturated rings. The Morgan fingerprint density at radius 3 is 2.80 bits per heavy atom. The summed E-state index contributed by atoms with van der Waals surface area (Å²) in [7, 11) is 0. The number of aromatic nitrogens is 3. The molecule has 0 aliphatic carbocycles. The van der Waals surface area contributed by atoms with E-state index in [4.69, 9.17) is 27.9 Å². The van der Waals surface area contributed by atoms with Gasteiger partial charge in [0.2, 0.25) is 11.2 Å². The molecule has 106 valence electrons. The van der Waals surface area contributed by atoms with Crippen LogP contribution in [0.15, 0.2) is 22.7 Å². The molecular formula is C12H11BrCl2N4O. The Labute approximate surface area is 134 Å². The van der Waals surface area contributed by atoms with Crippen molar-refractivity contribution < 1.29 is 4.74 Å². The number of halogens is 3. The molecule has 0 amide bonds. The second kappa shape index (κ2) is 7.06. The lowest BCUT2D eigenvalue weighted by atomic mass is 10.3. The van der Waals surface area contributed by atoms with E-state index in [0.29, 0.717) is 22.1 Å². The zero-order valence-corrected chi connectivity index (χ0v) is 13.6. The van der Waals surface area contributed by atoms with Gasteiger partial charge in [-0.1, -0.05) is 24.6 Å². The first-order valence-electron chi connectivity index (χ1n) is 5.85. The van der Waals surface area contributed by atoms with Crippen molar-refractivity contribution in [3.63, 3.8) is 0 Å². The molecular weight excluding hydrogens is 367 g/mol. The van der Waals surface area contributed by atoms with Crippen molar-refractivity contribution in [1.29, 1.82) is 0 Å². The van der Waals surface area contributed by atoms with Crippen molar-refractivity contribution in [2.75, 3.05) is 11.9 Å². The van der Waals surface area contributed by atoms with Crippen molar-refractivity contribution in [2.45, 2.75) is 13.3 Å². The van der Waals surface area contributed by atoms with E-state index in [0.717, 1.165) is 12.1 Å². The Morgan fingerprint density at radius 2 is 2.05 bits per heavy atom. The number of hydrogen-bond donors (Lipinski definition) is 1. The molecule has 1 N–H and O–H groups in total. The molecule has 5 nitrogen and oxygen atoms in total. The summed E-state index contributed by atoms with van der Waals surface area (Å²) in [4.78, 5) is 12.0. The molecule has 0 spiro atoms. The molecule has 0 unspecified atom stereocenters. The van der Waals surface area contributed by atoms with E-state index < -0.39 is 0 Å². The molecule has 0 aliphatic heterocycles. The van der Waals surface area contributed by atoms with Crippen LogP contribution in [0.2, 0.25) is 10.3 Å². The first-order chi connectivity index (χ1) is 9.60. The van der Waals surface area contributed by atoms with Gasteiger partial charge < -0.3 is 10.1 Å². The largest absolute Gasteiger partial charge is 0.463 e. The van der Waals surface area contributed by atoms with Crippen molar-refractivity contribution in [3.8, 4) is 6.01 Å². The fourth-order valence-corrected chi connectivity index (χ4v) is 2.06. The second-order valence-electron chi connectivity index (χ2n) is 3.79. The topological polar surface area (TPSA) is 59.9 Å². The molecule has 0 aliphatic rings. The third-order valence-corrected chi connectivity index (χ3v) is 3.79. The predicted octanol–water partition coefficient (Wildman–Crippen LogP) is 4.47. The summed E-state index contributed by atoms with van der Waals surface area (Å²) in [5.41, 5.74) is 0.723. The van der Waals surface area contributed by atoms with Crippen LogP contribution in [0.3, 0.4) is 0 Å². The van der Waals surface area contributed by atoms with Crippen LogP contribution >= 0.6 is 39.1 Å². The summed E-state index contributed by atoms with van der Waals surface area (Å²) in [5.74, 6) is 0.291. The molecule has 0 saturated heterocycles. The highest BCUT2D eigenvalue weighted by Crippen LogP contribution is 2.31. The first-order valence-corrected chi connectivity index (χ1v) is 7.40. The van der Waals surface area contributed by atoms with E-state index in [2.05, 4.69) is 36.2 Å². The van der Waals surface area contributed by atoms with Crippen LogP contribution in [0, 0.1) is 0 Å². The number of anilines is 2. The second-order valence-corrected chi connectivity index (χ2v) is 5.32. The van der Waals surface area contributed by atoms with Crippen LogP contribution in [0.1, 0.15) is 13.3 Å². The molecule has 1 aromatic carbocycles. The summed E-state index contributed by atoms with van der Waals surface area (Å²) in [6.07, 6.45) is 0.853. The average molecular weight is 378 g/mol. The van der Waals surface area contributed by atoms with Crippen LogP contribution in [0.5, 0.6) is 6.01 Å². The third kappa shape index (κ3) is 3.94. The fraction of sp³-hybridized carbons (Fsp3) is 0.250. The average Bonchev–Trinajstić information content (AvgIpc) is 2.41. The zero-order chi connectivity index (χ0) is 14.5. The fourth-order valence-electron chi connectivity index (χ4n) is 1.37. The maximum atomic E-state index is 6.02. The molecule has 1 heterocycles. The van der Waals surface area contributed by atoms with Crippen LogP contribution in [0.4, 0.5) is 11.6 Å². The molecule has 0 atom stereocenters. The van der Waals surface area contributed by atoms with Gasteiger partial charge in [0.1, 0.15) is 0 Å². The smallest absolute Gasteiger partial charge is 0.322 e. The highest BCUT2D eigenvalue weighted by Gasteiger charge is 2.09. The number of hydrogen-bond acceptors (Lipinski definition) is 5. The number of rotatable bonds is 5. The predicted molar refractivity (Wildman–Crippen MR) is 83.1 cm³/mol. The maximum Gasteiger partial charge on any atom is 0.322 e. The van der Waals surface area contributed by atoms with Crippen molar-refractivity contribution in [3.05, 3.63) is 33.0 Å². The molecule has 8 heteroatoms. The number of ether oxygens (including phenoxy) is 1. The van der Waals surface area contributed by atoms with Gasteiger partial charge in [-0.25, -0.2) is 0 Å². The molecule has 1 aromatic heterocycles.